The van der Waals surface area contributed by atoms with Gasteiger partial charge in [0.25, 0.3) is 0 Å². The normalized spacial score (nSPS) is 15.2. The predicted octanol–water partition coefficient (Wildman–Crippen LogP) is 10.2. The van der Waals surface area contributed by atoms with Gasteiger partial charge in [-0.2, -0.15) is 0 Å². The molecule has 60 heavy (non-hydrogen) atoms. The Bertz CT molecular complexity index is 1100. The maximum atomic E-state index is 12.1. The Morgan fingerprint density at radius 2 is 0.567 bits per heavy atom. The standard InChI is InChI=1S/C43H86O15P2/c1-3-5-7-9-11-13-15-16-17-18-19-20-22-24-26-28-30-32-43(48)54-34-40(45)36-56-60(51,52)58-38-41(46)37-57-59(49,50)55-35-39(44)33-53-42(47)31-29-27-25-23-21-14-12-10-8-6-4-2/h39-41,44-46H,3-38H2,1-2H3,(H,49,50)(H,51,52). The average molecular weight is 905 g/mol. The van der Waals surface area contributed by atoms with Crippen molar-refractivity contribution in [2.75, 3.05) is 39.6 Å². The number of carbonyl (C=O) groups is 2. The molecule has 0 saturated heterocycles. The molecule has 0 aliphatic carbocycles. The lowest BCUT2D eigenvalue weighted by atomic mass is 10.0. The van der Waals surface area contributed by atoms with Crippen molar-refractivity contribution >= 4 is 27.6 Å². The largest absolute Gasteiger partial charge is 0.472 e. The maximum absolute atomic E-state index is 12.1. The number of aliphatic hydroxyl groups is 3. The van der Waals surface area contributed by atoms with Crippen molar-refractivity contribution in [1.29, 1.82) is 0 Å². The van der Waals surface area contributed by atoms with Crippen LogP contribution >= 0.6 is 15.6 Å². The summed E-state index contributed by atoms with van der Waals surface area (Å²) in [6, 6.07) is 0. The lowest BCUT2D eigenvalue weighted by Gasteiger charge is -2.19. The maximum Gasteiger partial charge on any atom is 0.472 e. The van der Waals surface area contributed by atoms with E-state index in [9.17, 15) is 43.8 Å². The van der Waals surface area contributed by atoms with E-state index in [0.29, 0.717) is 12.8 Å². The molecule has 17 heteroatoms. The van der Waals surface area contributed by atoms with Crippen LogP contribution in [0.5, 0.6) is 0 Å². The Labute approximate surface area is 362 Å². The molecule has 0 aliphatic heterocycles. The summed E-state index contributed by atoms with van der Waals surface area (Å²) in [5.41, 5.74) is 0. The van der Waals surface area contributed by atoms with Gasteiger partial charge in [0.05, 0.1) is 26.4 Å². The van der Waals surface area contributed by atoms with Gasteiger partial charge in [-0.25, -0.2) is 9.13 Å². The summed E-state index contributed by atoms with van der Waals surface area (Å²) in [7, 11) is -9.55. The van der Waals surface area contributed by atoms with Gasteiger partial charge in [0.2, 0.25) is 0 Å². The lowest BCUT2D eigenvalue weighted by Crippen LogP contribution is -2.25. The topological polar surface area (TPSA) is 225 Å². The summed E-state index contributed by atoms with van der Waals surface area (Å²) in [6.07, 6.45) is 29.6. The number of hydrogen-bond acceptors (Lipinski definition) is 13. The molecular formula is C43H86O15P2. The van der Waals surface area contributed by atoms with Crippen LogP contribution in [-0.4, -0.2) is 95.0 Å². The van der Waals surface area contributed by atoms with Gasteiger partial charge in [0.1, 0.15) is 31.5 Å². The molecule has 0 spiro atoms. The van der Waals surface area contributed by atoms with Crippen LogP contribution in [0.15, 0.2) is 0 Å². The number of carbonyl (C=O) groups excluding carboxylic acids is 2. The van der Waals surface area contributed by atoms with Crippen LogP contribution < -0.4 is 0 Å². The first-order valence-corrected chi connectivity index (χ1v) is 26.4. The molecule has 0 fully saturated rings. The van der Waals surface area contributed by atoms with Crippen LogP contribution in [-0.2, 0) is 46.3 Å². The Kier molecular flexibility index (Phi) is 40.1. The second-order valence-electron chi connectivity index (χ2n) is 16.1. The molecule has 0 heterocycles. The van der Waals surface area contributed by atoms with Gasteiger partial charge in [0.15, 0.2) is 0 Å². The summed E-state index contributed by atoms with van der Waals surface area (Å²) in [4.78, 5) is 43.6. The first kappa shape index (κ1) is 59.0. The van der Waals surface area contributed by atoms with Crippen molar-refractivity contribution in [3.8, 4) is 0 Å². The summed E-state index contributed by atoms with van der Waals surface area (Å²) in [6.45, 7) is 0.445. The first-order chi connectivity index (χ1) is 28.8. The molecule has 0 bridgehead atoms. The minimum Gasteiger partial charge on any atom is -0.463 e. The highest BCUT2D eigenvalue weighted by Gasteiger charge is 2.28. The molecule has 358 valence electrons. The van der Waals surface area contributed by atoms with Gasteiger partial charge in [-0.3, -0.25) is 27.7 Å². The summed E-state index contributed by atoms with van der Waals surface area (Å²) in [5, 5.41) is 30.0. The fourth-order valence-corrected chi connectivity index (χ4v) is 7.98. The molecule has 0 aromatic rings. The van der Waals surface area contributed by atoms with Crippen molar-refractivity contribution in [3.05, 3.63) is 0 Å². The third-order valence-corrected chi connectivity index (χ3v) is 12.0. The highest BCUT2D eigenvalue weighted by atomic mass is 31.2. The number of ether oxygens (including phenoxy) is 2. The van der Waals surface area contributed by atoms with E-state index in [1.54, 1.807) is 0 Å². The van der Waals surface area contributed by atoms with Gasteiger partial charge < -0.3 is 34.6 Å². The van der Waals surface area contributed by atoms with Crippen molar-refractivity contribution in [2.45, 2.75) is 225 Å². The molecule has 5 atom stereocenters. The number of phosphoric acid groups is 2. The summed E-state index contributed by atoms with van der Waals surface area (Å²) < 4.78 is 52.9. The lowest BCUT2D eigenvalue weighted by molar-refractivity contribution is -0.148. The van der Waals surface area contributed by atoms with Crippen LogP contribution in [0.2, 0.25) is 0 Å². The van der Waals surface area contributed by atoms with Gasteiger partial charge in [-0.05, 0) is 12.8 Å². The van der Waals surface area contributed by atoms with Crippen LogP contribution in [0.1, 0.15) is 206 Å². The number of phosphoric ester groups is 2. The van der Waals surface area contributed by atoms with Gasteiger partial charge >= 0.3 is 27.6 Å². The van der Waals surface area contributed by atoms with E-state index in [-0.39, 0.29) is 12.8 Å². The molecule has 0 aromatic carbocycles. The third kappa shape index (κ3) is 42.3. The molecule has 0 radical (unpaired) electrons. The van der Waals surface area contributed by atoms with Crippen LogP contribution in [0, 0.1) is 0 Å². The van der Waals surface area contributed by atoms with E-state index in [1.165, 1.54) is 128 Å². The first-order valence-electron chi connectivity index (χ1n) is 23.4. The summed E-state index contributed by atoms with van der Waals surface area (Å²) >= 11 is 0. The minimum absolute atomic E-state index is 0.202. The van der Waals surface area contributed by atoms with E-state index in [0.717, 1.165) is 38.5 Å². The van der Waals surface area contributed by atoms with Crippen molar-refractivity contribution in [2.24, 2.45) is 0 Å². The van der Waals surface area contributed by atoms with E-state index in [1.807, 2.05) is 0 Å². The number of rotatable bonds is 46. The Morgan fingerprint density at radius 3 is 0.800 bits per heavy atom. The molecular weight excluding hydrogens is 818 g/mol. The third-order valence-electron chi connectivity index (χ3n) is 10.1. The fourth-order valence-electron chi connectivity index (χ4n) is 6.39. The number of unbranched alkanes of at least 4 members (excludes halogenated alkanes) is 26. The zero-order valence-electron chi connectivity index (χ0n) is 37.4. The van der Waals surface area contributed by atoms with Gasteiger partial charge in [-0.15, -0.1) is 0 Å². The van der Waals surface area contributed by atoms with E-state index in [2.05, 4.69) is 31.9 Å². The molecule has 5 N–H and O–H groups in total. The number of aliphatic hydroxyl groups excluding tert-OH is 3. The van der Waals surface area contributed by atoms with E-state index >= 15 is 0 Å². The molecule has 15 nitrogen and oxygen atoms in total. The molecule has 0 aromatic heterocycles. The van der Waals surface area contributed by atoms with Crippen LogP contribution in [0.3, 0.4) is 0 Å². The fraction of sp³-hybridized carbons (Fsp3) is 0.953. The van der Waals surface area contributed by atoms with Crippen LogP contribution in [0.25, 0.3) is 0 Å². The van der Waals surface area contributed by atoms with Crippen molar-refractivity contribution in [1.82, 2.24) is 0 Å². The Morgan fingerprint density at radius 1 is 0.367 bits per heavy atom. The molecule has 0 aliphatic rings. The second kappa shape index (κ2) is 40.8. The second-order valence-corrected chi connectivity index (χ2v) is 19.0. The number of hydrogen-bond donors (Lipinski definition) is 5. The van der Waals surface area contributed by atoms with Gasteiger partial charge in [0, 0.05) is 12.8 Å². The molecule has 0 rings (SSSR count). The minimum atomic E-state index is -4.78. The Hall–Kier alpha value is -0.960. The van der Waals surface area contributed by atoms with E-state index in [4.69, 9.17) is 9.47 Å². The van der Waals surface area contributed by atoms with E-state index < -0.39 is 85.5 Å². The van der Waals surface area contributed by atoms with Crippen LogP contribution in [0.4, 0.5) is 0 Å². The Balaban J connectivity index is 3.86. The molecule has 5 unspecified atom stereocenters. The zero-order valence-corrected chi connectivity index (χ0v) is 39.2. The molecule has 0 amide bonds. The highest BCUT2D eigenvalue weighted by Crippen LogP contribution is 2.45. The van der Waals surface area contributed by atoms with Crippen molar-refractivity contribution < 1.29 is 71.4 Å². The molecule has 0 saturated carbocycles. The predicted molar refractivity (Wildman–Crippen MR) is 233 cm³/mol. The highest BCUT2D eigenvalue weighted by molar-refractivity contribution is 7.47. The zero-order chi connectivity index (χ0) is 44.6. The quantitative estimate of drug-likeness (QED) is 0.0218. The number of esters is 2. The average Bonchev–Trinajstić information content (AvgIpc) is 3.22. The SMILES string of the molecule is CCCCCCCCCCCCCCCCCCCC(=O)OCC(O)COP(=O)(O)OCC(O)COP(=O)(O)OCC(O)COC(=O)CCCCCCCCCCCCC. The monoisotopic (exact) mass is 905 g/mol. The smallest absolute Gasteiger partial charge is 0.463 e. The van der Waals surface area contributed by atoms with Crippen molar-refractivity contribution in [3.63, 3.8) is 0 Å². The van der Waals surface area contributed by atoms with Gasteiger partial charge in [-0.1, -0.05) is 181 Å². The summed E-state index contributed by atoms with van der Waals surface area (Å²) in [5.74, 6) is -0.986.